The first-order valence-electron chi connectivity index (χ1n) is 1.63. The van der Waals surface area contributed by atoms with Crippen molar-refractivity contribution in [3.63, 3.8) is 0 Å². The molecule has 0 aromatic rings. The highest BCUT2D eigenvalue weighted by Crippen LogP contribution is 1.27. The summed E-state index contributed by atoms with van der Waals surface area (Å²) < 4.78 is 0. The van der Waals surface area contributed by atoms with Gasteiger partial charge in [-0.25, -0.2) is 0 Å². The van der Waals surface area contributed by atoms with Gasteiger partial charge in [0.2, 0.25) is 0 Å². The summed E-state index contributed by atoms with van der Waals surface area (Å²) in [4.78, 5) is 8.56. The normalized spacial score (nSPS) is 3.17. The molecule has 35 valence electrons. The van der Waals surface area contributed by atoms with E-state index in [1.54, 1.807) is 0 Å². The number of rotatable bonds is 0. The van der Waals surface area contributed by atoms with Gasteiger partial charge in [-0.05, 0) is 0 Å². The van der Waals surface area contributed by atoms with Crippen LogP contribution in [-0.2, 0) is 0 Å². The third-order valence-corrected chi connectivity index (χ3v) is 0. The van der Waals surface area contributed by atoms with E-state index in [4.69, 9.17) is 4.91 Å². The van der Waals surface area contributed by atoms with Crippen molar-refractivity contribution in [3.05, 3.63) is 4.91 Å². The zero-order valence-corrected chi connectivity index (χ0v) is 4.43. The summed E-state index contributed by atoms with van der Waals surface area (Å²) in [6.45, 7) is 4.00. The van der Waals surface area contributed by atoms with Gasteiger partial charge in [-0.1, -0.05) is 19.0 Å². The molecule has 0 unspecified atom stereocenters. The third-order valence-electron chi connectivity index (χ3n) is 0. The van der Waals surface area contributed by atoms with Gasteiger partial charge in [-0.2, -0.15) is 4.91 Å². The van der Waals surface area contributed by atoms with Crippen LogP contribution >= 0.6 is 0 Å². The smallest absolute Gasteiger partial charge is 0.0700 e. The lowest BCUT2D eigenvalue weighted by molar-refractivity contribution is 1.42. The zero-order valence-electron chi connectivity index (χ0n) is 4.43. The van der Waals surface area contributed by atoms with Crippen LogP contribution in [0, 0.1) is 4.91 Å². The van der Waals surface area contributed by atoms with Crippen LogP contribution in [0.3, 0.4) is 0 Å². The average molecular weight is 85.9 g/mol. The van der Waals surface area contributed by atoms with Crippen molar-refractivity contribution >= 4 is 8.41 Å². The van der Waals surface area contributed by atoms with E-state index in [9.17, 15) is 0 Å². The van der Waals surface area contributed by atoms with Crippen LogP contribution in [0.5, 0.6) is 0 Å². The molecule has 0 saturated heterocycles. The topological polar surface area (TPSA) is 29.4 Å². The summed E-state index contributed by atoms with van der Waals surface area (Å²) >= 11 is 0. The van der Waals surface area contributed by atoms with Crippen LogP contribution in [0.25, 0.3) is 0 Å². The van der Waals surface area contributed by atoms with E-state index in [2.05, 4.69) is 5.18 Å². The molecule has 0 spiro atoms. The fraction of sp³-hybridized carbons (Fsp3) is 1.00. The summed E-state index contributed by atoms with van der Waals surface area (Å²) in [5, 5.41) is 2.25. The molecule has 0 aromatic heterocycles. The molecular weight excluding hydrogens is 76.9 g/mol. The van der Waals surface area contributed by atoms with E-state index in [-0.39, 0.29) is 8.41 Å². The fourth-order valence-corrected chi connectivity index (χ4v) is 0. The van der Waals surface area contributed by atoms with Crippen LogP contribution in [0.4, 0.5) is 0 Å². The molecule has 0 atom stereocenters. The maximum atomic E-state index is 8.56. The SMILES string of the molecule is CC.CN=O.[B]. The molecule has 3 radical (unpaired) electrons. The second kappa shape index (κ2) is 142. The van der Waals surface area contributed by atoms with Gasteiger partial charge in [0.05, 0.1) is 7.05 Å². The van der Waals surface area contributed by atoms with Crippen LogP contribution in [0.15, 0.2) is 5.18 Å². The molecule has 0 aliphatic carbocycles. The molecule has 0 N–H and O–H groups in total. The average Bonchev–Trinajstić information content (AvgIpc) is 1.46. The van der Waals surface area contributed by atoms with E-state index in [0.29, 0.717) is 0 Å². The second-order valence-corrected chi connectivity index (χ2v) is 0.183. The molecule has 0 aliphatic heterocycles. The summed E-state index contributed by atoms with van der Waals surface area (Å²) in [5.74, 6) is 0. The monoisotopic (exact) mass is 86.1 g/mol. The lowest BCUT2D eigenvalue weighted by Crippen LogP contribution is -1.21. The van der Waals surface area contributed by atoms with Crippen molar-refractivity contribution in [1.82, 2.24) is 0 Å². The lowest BCUT2D eigenvalue weighted by Gasteiger charge is -1.27. The Hall–Kier alpha value is -0.335. The van der Waals surface area contributed by atoms with E-state index >= 15 is 0 Å². The van der Waals surface area contributed by atoms with Gasteiger partial charge in [0.25, 0.3) is 0 Å². The number of hydrogen-bond acceptors (Lipinski definition) is 2. The fourth-order valence-electron chi connectivity index (χ4n) is 0. The van der Waals surface area contributed by atoms with Gasteiger partial charge in [0.15, 0.2) is 0 Å². The standard InChI is InChI=1S/C2H6.CH3NO.B/c1-2;1-2-3;/h1-2H3;1H3;. The van der Waals surface area contributed by atoms with Gasteiger partial charge in [-0.3, -0.25) is 0 Å². The van der Waals surface area contributed by atoms with E-state index < -0.39 is 0 Å². The van der Waals surface area contributed by atoms with Gasteiger partial charge in [0, 0.05) is 8.41 Å². The molecule has 0 rings (SSSR count). The molecule has 3 heteroatoms. The Morgan fingerprint density at radius 1 is 1.33 bits per heavy atom. The Balaban J connectivity index is -0.0000000275. The molecule has 0 amide bonds. The minimum atomic E-state index is 0. The Bertz CT molecular complexity index is 18.3. The second-order valence-electron chi connectivity index (χ2n) is 0.183. The molecule has 0 fully saturated rings. The lowest BCUT2D eigenvalue weighted by atomic mass is 10.8. The first-order valence-corrected chi connectivity index (χ1v) is 1.63. The summed E-state index contributed by atoms with van der Waals surface area (Å²) in [6, 6.07) is 0. The largest absolute Gasteiger partial charge is 0.151 e. The first kappa shape index (κ1) is 17.4. The van der Waals surface area contributed by atoms with Gasteiger partial charge >= 0.3 is 0 Å². The Kier molecular flexibility index (Phi) is 410. The molecule has 0 aromatic carbocycles. The third kappa shape index (κ3) is 232. The van der Waals surface area contributed by atoms with Crippen molar-refractivity contribution in [1.29, 1.82) is 0 Å². The Morgan fingerprint density at radius 2 is 1.33 bits per heavy atom. The number of nitrogens with zero attached hydrogens (tertiary/aromatic N) is 1. The molecule has 6 heavy (non-hydrogen) atoms. The molecule has 0 aliphatic rings. The van der Waals surface area contributed by atoms with E-state index in [0.717, 1.165) is 0 Å². The highest BCUT2D eigenvalue weighted by Gasteiger charge is 1.19. The molecular formula is C3H9BNO. The van der Waals surface area contributed by atoms with Gasteiger partial charge in [0.1, 0.15) is 0 Å². The first-order chi connectivity index (χ1) is 2.41. The molecule has 0 saturated carbocycles. The molecule has 0 heterocycles. The number of hydrogen-bond donors (Lipinski definition) is 0. The quantitative estimate of drug-likeness (QED) is 0.319. The minimum Gasteiger partial charge on any atom is -0.151 e. The predicted octanol–water partition coefficient (Wildman–Crippen LogP) is 1.03. The van der Waals surface area contributed by atoms with Crippen molar-refractivity contribution < 1.29 is 0 Å². The zero-order chi connectivity index (χ0) is 4.71. The van der Waals surface area contributed by atoms with Crippen LogP contribution < -0.4 is 0 Å². The Morgan fingerprint density at radius 3 is 1.33 bits per heavy atom. The number of nitroso groups, excluding NO2 is 1. The van der Waals surface area contributed by atoms with Crippen molar-refractivity contribution in [2.24, 2.45) is 5.18 Å². The molecule has 2 nitrogen and oxygen atoms in total. The maximum Gasteiger partial charge on any atom is 0.0700 e. The van der Waals surface area contributed by atoms with Crippen molar-refractivity contribution in [2.75, 3.05) is 7.05 Å². The van der Waals surface area contributed by atoms with Crippen molar-refractivity contribution in [2.45, 2.75) is 13.8 Å². The van der Waals surface area contributed by atoms with Gasteiger partial charge in [-0.15, -0.1) is 0 Å². The Labute approximate surface area is 40.5 Å². The summed E-state index contributed by atoms with van der Waals surface area (Å²) in [7, 11) is 1.19. The highest BCUT2D eigenvalue weighted by atomic mass is 16.2. The minimum absolute atomic E-state index is 0. The van der Waals surface area contributed by atoms with Crippen LogP contribution in [0.1, 0.15) is 13.8 Å². The van der Waals surface area contributed by atoms with E-state index in [1.807, 2.05) is 13.8 Å². The maximum absolute atomic E-state index is 8.56. The van der Waals surface area contributed by atoms with Gasteiger partial charge < -0.3 is 0 Å². The summed E-state index contributed by atoms with van der Waals surface area (Å²) in [6.07, 6.45) is 0. The van der Waals surface area contributed by atoms with Crippen LogP contribution in [0.2, 0.25) is 0 Å². The van der Waals surface area contributed by atoms with Crippen LogP contribution in [-0.4, -0.2) is 15.5 Å². The van der Waals surface area contributed by atoms with Crippen molar-refractivity contribution in [3.8, 4) is 0 Å². The predicted molar refractivity (Wildman–Crippen MR) is 28.8 cm³/mol. The molecule has 0 bridgehead atoms. The van der Waals surface area contributed by atoms with E-state index in [1.165, 1.54) is 7.05 Å². The summed E-state index contributed by atoms with van der Waals surface area (Å²) in [5.41, 5.74) is 0. The highest BCUT2D eigenvalue weighted by molar-refractivity contribution is 5.75.